The van der Waals surface area contributed by atoms with Crippen molar-refractivity contribution in [3.8, 4) is 0 Å². The first-order valence-electron chi connectivity index (χ1n) is 5.70. The molecular weight excluding hydrogens is 234 g/mol. The second-order valence-electron chi connectivity index (χ2n) is 3.77. The molecule has 1 amide bonds. The first-order chi connectivity index (χ1) is 8.63. The van der Waals surface area contributed by atoms with Gasteiger partial charge >= 0.3 is 5.97 Å². The maximum Gasteiger partial charge on any atom is 0.338 e. The molecule has 0 atom stereocenters. The topological polar surface area (TPSA) is 94.3 Å². The number of carbonyl (C=O) groups is 2. The van der Waals surface area contributed by atoms with Gasteiger partial charge in [-0.25, -0.2) is 9.78 Å². The maximum absolute atomic E-state index is 11.3. The van der Waals surface area contributed by atoms with Gasteiger partial charge in [-0.1, -0.05) is 0 Å². The van der Waals surface area contributed by atoms with E-state index in [0.717, 1.165) is 12.8 Å². The van der Waals surface area contributed by atoms with Crippen LogP contribution in [0.2, 0.25) is 0 Å². The molecule has 6 heteroatoms. The Morgan fingerprint density at radius 2 is 2.22 bits per heavy atom. The van der Waals surface area contributed by atoms with Crippen molar-refractivity contribution >= 4 is 17.7 Å². The number of aromatic nitrogens is 1. The molecule has 0 saturated carbocycles. The van der Waals surface area contributed by atoms with Crippen molar-refractivity contribution < 1.29 is 14.3 Å². The lowest BCUT2D eigenvalue weighted by molar-refractivity contribution is -0.118. The van der Waals surface area contributed by atoms with Crippen molar-refractivity contribution in [2.24, 2.45) is 5.73 Å². The van der Waals surface area contributed by atoms with Gasteiger partial charge in [-0.15, -0.1) is 0 Å². The third-order valence-corrected chi connectivity index (χ3v) is 2.34. The highest BCUT2D eigenvalue weighted by molar-refractivity contribution is 5.89. The van der Waals surface area contributed by atoms with E-state index in [-0.39, 0.29) is 5.91 Å². The van der Waals surface area contributed by atoms with Crippen LogP contribution in [0.1, 0.15) is 29.6 Å². The number of methoxy groups -OCH3 is 1. The van der Waals surface area contributed by atoms with E-state index < -0.39 is 5.97 Å². The van der Waals surface area contributed by atoms with E-state index in [0.29, 0.717) is 24.3 Å². The van der Waals surface area contributed by atoms with Gasteiger partial charge in [0.2, 0.25) is 5.91 Å². The number of anilines is 1. The maximum atomic E-state index is 11.3. The second-order valence-corrected chi connectivity index (χ2v) is 3.77. The Labute approximate surface area is 106 Å². The minimum absolute atomic E-state index is 0.291. The number of hydrogen-bond acceptors (Lipinski definition) is 5. The number of unbranched alkanes of at least 4 members (excludes halogenated alkanes) is 1. The summed E-state index contributed by atoms with van der Waals surface area (Å²) in [4.78, 5) is 25.9. The molecule has 1 aromatic heterocycles. The van der Waals surface area contributed by atoms with Crippen LogP contribution in [0.5, 0.6) is 0 Å². The fraction of sp³-hybridized carbons (Fsp3) is 0.417. The Morgan fingerprint density at radius 1 is 1.44 bits per heavy atom. The molecule has 18 heavy (non-hydrogen) atoms. The fourth-order valence-corrected chi connectivity index (χ4v) is 1.41. The molecule has 1 aromatic rings. The SMILES string of the molecule is COC(=O)c1ccnc(NCCCCC(N)=O)c1. The van der Waals surface area contributed by atoms with Crippen LogP contribution < -0.4 is 11.1 Å². The Hall–Kier alpha value is -2.11. The predicted octanol–water partition coefficient (Wildman–Crippen LogP) is 0.936. The summed E-state index contributed by atoms with van der Waals surface area (Å²) in [5.41, 5.74) is 5.48. The number of amides is 1. The van der Waals surface area contributed by atoms with Gasteiger partial charge in [0.05, 0.1) is 12.7 Å². The van der Waals surface area contributed by atoms with Crippen molar-refractivity contribution in [2.75, 3.05) is 19.0 Å². The summed E-state index contributed by atoms with van der Waals surface area (Å²) < 4.78 is 4.61. The highest BCUT2D eigenvalue weighted by Crippen LogP contribution is 2.08. The minimum Gasteiger partial charge on any atom is -0.465 e. The lowest BCUT2D eigenvalue weighted by Gasteiger charge is -2.06. The third kappa shape index (κ3) is 4.82. The average Bonchev–Trinajstić information content (AvgIpc) is 2.37. The van der Waals surface area contributed by atoms with Crippen LogP contribution >= 0.6 is 0 Å². The van der Waals surface area contributed by atoms with E-state index in [1.165, 1.54) is 13.3 Å². The van der Waals surface area contributed by atoms with Crippen LogP contribution in [0.25, 0.3) is 0 Å². The number of nitrogens with two attached hydrogens (primary N) is 1. The fourth-order valence-electron chi connectivity index (χ4n) is 1.41. The van der Waals surface area contributed by atoms with Crippen molar-refractivity contribution in [3.05, 3.63) is 23.9 Å². The van der Waals surface area contributed by atoms with Gasteiger partial charge in [-0.3, -0.25) is 4.79 Å². The van der Waals surface area contributed by atoms with E-state index in [2.05, 4.69) is 15.0 Å². The van der Waals surface area contributed by atoms with Crippen LogP contribution in [0.4, 0.5) is 5.82 Å². The normalized spacial score (nSPS) is 9.83. The second kappa shape index (κ2) is 7.26. The van der Waals surface area contributed by atoms with Gasteiger partial charge in [0, 0.05) is 19.2 Å². The molecule has 0 unspecified atom stereocenters. The van der Waals surface area contributed by atoms with Gasteiger partial charge < -0.3 is 15.8 Å². The molecule has 1 rings (SSSR count). The van der Waals surface area contributed by atoms with Crippen molar-refractivity contribution in [1.29, 1.82) is 0 Å². The van der Waals surface area contributed by atoms with Crippen LogP contribution in [0.3, 0.4) is 0 Å². The quantitative estimate of drug-likeness (QED) is 0.555. The van der Waals surface area contributed by atoms with E-state index in [1.54, 1.807) is 12.1 Å². The molecule has 3 N–H and O–H groups in total. The highest BCUT2D eigenvalue weighted by Gasteiger charge is 2.05. The molecule has 0 bridgehead atoms. The molecule has 0 spiro atoms. The number of rotatable bonds is 7. The summed E-state index contributed by atoms with van der Waals surface area (Å²) in [5.74, 6) is -0.0769. The molecule has 0 saturated heterocycles. The number of hydrogen-bond donors (Lipinski definition) is 2. The van der Waals surface area contributed by atoms with Gasteiger partial charge in [-0.05, 0) is 25.0 Å². The summed E-state index contributed by atoms with van der Waals surface area (Å²) in [7, 11) is 1.33. The summed E-state index contributed by atoms with van der Waals surface area (Å²) in [6, 6.07) is 3.21. The van der Waals surface area contributed by atoms with E-state index in [1.807, 2.05) is 0 Å². The van der Waals surface area contributed by atoms with Crippen LogP contribution in [0, 0.1) is 0 Å². The monoisotopic (exact) mass is 251 g/mol. The highest BCUT2D eigenvalue weighted by atomic mass is 16.5. The largest absolute Gasteiger partial charge is 0.465 e. The smallest absolute Gasteiger partial charge is 0.338 e. The number of pyridine rings is 1. The van der Waals surface area contributed by atoms with E-state index >= 15 is 0 Å². The molecule has 6 nitrogen and oxygen atoms in total. The van der Waals surface area contributed by atoms with Gasteiger partial charge in [0.25, 0.3) is 0 Å². The Kier molecular flexibility index (Phi) is 5.63. The van der Waals surface area contributed by atoms with Crippen molar-refractivity contribution in [2.45, 2.75) is 19.3 Å². The summed E-state index contributed by atoms with van der Waals surface area (Å²) in [5, 5.41) is 3.07. The average molecular weight is 251 g/mol. The zero-order chi connectivity index (χ0) is 13.4. The number of carbonyl (C=O) groups excluding carboxylic acids is 2. The standard InChI is InChI=1S/C12H17N3O3/c1-18-12(17)9-5-7-15-11(8-9)14-6-3-2-4-10(13)16/h5,7-8H,2-4,6H2,1H3,(H2,13,16)(H,14,15). The third-order valence-electron chi connectivity index (χ3n) is 2.34. The number of primary amides is 1. The minimum atomic E-state index is -0.394. The van der Waals surface area contributed by atoms with Crippen LogP contribution in [-0.4, -0.2) is 30.5 Å². The van der Waals surface area contributed by atoms with Crippen LogP contribution in [-0.2, 0) is 9.53 Å². The Bertz CT molecular complexity index is 421. The van der Waals surface area contributed by atoms with Crippen molar-refractivity contribution in [3.63, 3.8) is 0 Å². The number of esters is 1. The van der Waals surface area contributed by atoms with Crippen LogP contribution in [0.15, 0.2) is 18.3 Å². The number of ether oxygens (including phenoxy) is 1. The Morgan fingerprint density at radius 3 is 2.89 bits per heavy atom. The van der Waals surface area contributed by atoms with Gasteiger partial charge in [0.1, 0.15) is 5.82 Å². The molecule has 0 fully saturated rings. The molecule has 0 aliphatic rings. The zero-order valence-corrected chi connectivity index (χ0v) is 10.3. The number of nitrogens with one attached hydrogen (secondary N) is 1. The summed E-state index contributed by atoms with van der Waals surface area (Å²) in [6.07, 6.45) is 3.47. The molecule has 0 aromatic carbocycles. The molecule has 0 aliphatic heterocycles. The first-order valence-corrected chi connectivity index (χ1v) is 5.70. The summed E-state index contributed by atoms with van der Waals surface area (Å²) >= 11 is 0. The number of nitrogens with zero attached hydrogens (tertiary/aromatic N) is 1. The molecule has 0 aliphatic carbocycles. The van der Waals surface area contributed by atoms with Gasteiger partial charge in [-0.2, -0.15) is 0 Å². The predicted molar refractivity (Wildman–Crippen MR) is 67.1 cm³/mol. The first kappa shape index (κ1) is 14.0. The molecule has 98 valence electrons. The van der Waals surface area contributed by atoms with E-state index in [9.17, 15) is 9.59 Å². The molecular formula is C12H17N3O3. The molecule has 0 radical (unpaired) electrons. The zero-order valence-electron chi connectivity index (χ0n) is 10.3. The lowest BCUT2D eigenvalue weighted by atomic mass is 10.2. The summed E-state index contributed by atoms with van der Waals surface area (Å²) in [6.45, 7) is 0.672. The van der Waals surface area contributed by atoms with Crippen molar-refractivity contribution in [1.82, 2.24) is 4.98 Å². The lowest BCUT2D eigenvalue weighted by Crippen LogP contribution is -2.11. The van der Waals surface area contributed by atoms with Gasteiger partial charge in [0.15, 0.2) is 0 Å². The molecule has 1 heterocycles. The Balaban J connectivity index is 2.38. The van der Waals surface area contributed by atoms with E-state index in [4.69, 9.17) is 5.73 Å².